The van der Waals surface area contributed by atoms with Crippen molar-refractivity contribution in [2.75, 3.05) is 13.2 Å². The number of amides is 2. The number of hydrogen-bond acceptors (Lipinski definition) is 6. The lowest BCUT2D eigenvalue weighted by atomic mass is 10.1. The Bertz CT molecular complexity index is 611. The van der Waals surface area contributed by atoms with Gasteiger partial charge in [-0.2, -0.15) is 0 Å². The second-order valence-corrected chi connectivity index (χ2v) is 6.22. The van der Waals surface area contributed by atoms with Crippen LogP contribution in [0.5, 0.6) is 0 Å². The van der Waals surface area contributed by atoms with Crippen LogP contribution in [0.4, 0.5) is 0 Å². The Kier molecular flexibility index (Phi) is 10.0. The zero-order valence-corrected chi connectivity index (χ0v) is 15.1. The molecule has 0 spiro atoms. The van der Waals surface area contributed by atoms with Crippen molar-refractivity contribution in [1.82, 2.24) is 10.6 Å². The highest BCUT2D eigenvalue weighted by Gasteiger charge is 2.27. The Morgan fingerprint density at radius 1 is 1.00 bits per heavy atom. The maximum absolute atomic E-state index is 12.2. The maximum Gasteiger partial charge on any atom is 0.326 e. The quantitative estimate of drug-likeness (QED) is 0.246. The van der Waals surface area contributed by atoms with Crippen LogP contribution in [0.15, 0.2) is 30.3 Å². The number of nitrogens with one attached hydrogen (secondary N) is 2. The van der Waals surface area contributed by atoms with Gasteiger partial charge >= 0.3 is 5.97 Å². The molecule has 3 unspecified atom stereocenters. The third-order valence-electron chi connectivity index (χ3n) is 4.01. The van der Waals surface area contributed by atoms with Crippen LogP contribution in [0.25, 0.3) is 0 Å². The molecular formula is C18H28N4O5. The molecule has 0 radical (unpaired) electrons. The number of aliphatic hydroxyl groups excluding tert-OH is 1. The molecule has 9 nitrogen and oxygen atoms in total. The molecule has 1 rings (SSSR count). The lowest BCUT2D eigenvalue weighted by Crippen LogP contribution is -2.56. The van der Waals surface area contributed by atoms with E-state index in [0.717, 1.165) is 5.56 Å². The van der Waals surface area contributed by atoms with E-state index in [0.29, 0.717) is 19.4 Å². The molecule has 0 aliphatic carbocycles. The van der Waals surface area contributed by atoms with Gasteiger partial charge in [0.25, 0.3) is 0 Å². The van der Waals surface area contributed by atoms with Crippen molar-refractivity contribution < 1.29 is 24.6 Å². The van der Waals surface area contributed by atoms with Gasteiger partial charge in [0.2, 0.25) is 11.8 Å². The van der Waals surface area contributed by atoms with Crippen LogP contribution >= 0.6 is 0 Å². The maximum atomic E-state index is 12.2. The molecule has 0 saturated carbocycles. The molecule has 2 amide bonds. The second-order valence-electron chi connectivity index (χ2n) is 6.22. The number of aliphatic carboxylic acids is 1. The summed E-state index contributed by atoms with van der Waals surface area (Å²) in [5.41, 5.74) is 12.1. The first-order valence-corrected chi connectivity index (χ1v) is 8.83. The normalized spacial score (nSPS) is 14.0. The van der Waals surface area contributed by atoms with Crippen molar-refractivity contribution in [3.05, 3.63) is 35.9 Å². The van der Waals surface area contributed by atoms with E-state index in [9.17, 15) is 24.6 Å². The zero-order chi connectivity index (χ0) is 20.2. The van der Waals surface area contributed by atoms with Gasteiger partial charge < -0.3 is 32.3 Å². The summed E-state index contributed by atoms with van der Waals surface area (Å²) in [6.07, 6.45) is 1.64. The molecule has 0 heterocycles. The van der Waals surface area contributed by atoms with Crippen LogP contribution in [0, 0.1) is 0 Å². The number of unbranched alkanes of at least 4 members (excludes halogenated alkanes) is 1. The van der Waals surface area contributed by atoms with Gasteiger partial charge in [0.1, 0.15) is 12.1 Å². The molecule has 1 aromatic carbocycles. The number of carbonyl (C=O) groups is 3. The van der Waals surface area contributed by atoms with Gasteiger partial charge in [0.05, 0.1) is 12.6 Å². The van der Waals surface area contributed by atoms with E-state index in [-0.39, 0.29) is 12.8 Å². The number of benzene rings is 1. The van der Waals surface area contributed by atoms with Gasteiger partial charge in [0, 0.05) is 0 Å². The lowest BCUT2D eigenvalue weighted by molar-refractivity contribution is -0.142. The minimum atomic E-state index is -1.28. The summed E-state index contributed by atoms with van der Waals surface area (Å²) in [5, 5.41) is 23.3. The monoisotopic (exact) mass is 380 g/mol. The summed E-state index contributed by atoms with van der Waals surface area (Å²) in [7, 11) is 0. The molecule has 1 aromatic rings. The van der Waals surface area contributed by atoms with Crippen LogP contribution in [0.3, 0.4) is 0 Å². The molecule has 150 valence electrons. The first-order valence-electron chi connectivity index (χ1n) is 8.83. The minimum Gasteiger partial charge on any atom is -0.480 e. The fraction of sp³-hybridized carbons (Fsp3) is 0.500. The van der Waals surface area contributed by atoms with Gasteiger partial charge in [-0.3, -0.25) is 9.59 Å². The molecule has 9 heteroatoms. The first kappa shape index (κ1) is 22.6. The van der Waals surface area contributed by atoms with Gasteiger partial charge in [0.15, 0.2) is 0 Å². The summed E-state index contributed by atoms with van der Waals surface area (Å²) in [4.78, 5) is 35.7. The van der Waals surface area contributed by atoms with Crippen molar-refractivity contribution in [3.8, 4) is 0 Å². The molecule has 0 saturated heterocycles. The predicted octanol–water partition coefficient (Wildman–Crippen LogP) is -1.27. The SMILES string of the molecule is NCCCCC(NC(=O)C(CO)NC(=O)C(N)Cc1ccccc1)C(=O)O. The van der Waals surface area contributed by atoms with E-state index in [1.54, 1.807) is 0 Å². The third kappa shape index (κ3) is 8.16. The van der Waals surface area contributed by atoms with Gasteiger partial charge in [-0.15, -0.1) is 0 Å². The van der Waals surface area contributed by atoms with Crippen LogP contribution in [-0.4, -0.2) is 59.3 Å². The highest BCUT2D eigenvalue weighted by molar-refractivity contribution is 5.91. The van der Waals surface area contributed by atoms with Crippen molar-refractivity contribution >= 4 is 17.8 Å². The van der Waals surface area contributed by atoms with Crippen molar-refractivity contribution in [2.24, 2.45) is 11.5 Å². The van der Waals surface area contributed by atoms with Crippen molar-refractivity contribution in [2.45, 2.75) is 43.8 Å². The van der Waals surface area contributed by atoms with Crippen molar-refractivity contribution in [3.63, 3.8) is 0 Å². The van der Waals surface area contributed by atoms with Gasteiger partial charge in [-0.1, -0.05) is 30.3 Å². The molecule has 0 aliphatic heterocycles. The van der Waals surface area contributed by atoms with Gasteiger partial charge in [-0.25, -0.2) is 4.79 Å². The fourth-order valence-electron chi connectivity index (χ4n) is 2.46. The van der Waals surface area contributed by atoms with E-state index in [2.05, 4.69) is 10.6 Å². The smallest absolute Gasteiger partial charge is 0.326 e. The summed E-state index contributed by atoms with van der Waals surface area (Å²) in [6, 6.07) is 5.82. The number of aliphatic hydroxyl groups is 1. The number of rotatable bonds is 12. The second kappa shape index (κ2) is 12.0. The topological polar surface area (TPSA) is 168 Å². The average molecular weight is 380 g/mol. The molecule has 0 fully saturated rings. The molecule has 0 bridgehead atoms. The van der Waals surface area contributed by atoms with Crippen LogP contribution in [0.1, 0.15) is 24.8 Å². The Labute approximate surface area is 158 Å². The highest BCUT2D eigenvalue weighted by atomic mass is 16.4. The number of nitrogens with two attached hydrogens (primary N) is 2. The highest BCUT2D eigenvalue weighted by Crippen LogP contribution is 2.03. The number of carbonyl (C=O) groups excluding carboxylic acids is 2. The lowest BCUT2D eigenvalue weighted by Gasteiger charge is -2.21. The Balaban J connectivity index is 2.60. The van der Waals surface area contributed by atoms with Crippen LogP contribution in [-0.2, 0) is 20.8 Å². The molecule has 8 N–H and O–H groups in total. The Hall–Kier alpha value is -2.49. The summed E-state index contributed by atoms with van der Waals surface area (Å²) < 4.78 is 0. The summed E-state index contributed by atoms with van der Waals surface area (Å²) in [6.45, 7) is -0.250. The molecule has 0 aromatic heterocycles. The number of carboxylic acids is 1. The molecule has 27 heavy (non-hydrogen) atoms. The zero-order valence-electron chi connectivity index (χ0n) is 15.1. The van der Waals surface area contributed by atoms with E-state index < -0.39 is 42.5 Å². The standard InChI is InChI=1S/C18H28N4O5/c19-9-5-4-8-14(18(26)27)21-17(25)15(11-23)22-16(24)13(20)10-12-6-2-1-3-7-12/h1-3,6-7,13-15,23H,4-5,8-11,19-20H2,(H,21,25)(H,22,24)(H,26,27). The van der Waals surface area contributed by atoms with E-state index in [1.165, 1.54) is 0 Å². The third-order valence-corrected chi connectivity index (χ3v) is 4.01. The molecular weight excluding hydrogens is 352 g/mol. The van der Waals surface area contributed by atoms with Crippen molar-refractivity contribution in [1.29, 1.82) is 0 Å². The predicted molar refractivity (Wildman–Crippen MR) is 99.6 cm³/mol. The van der Waals surface area contributed by atoms with Crippen LogP contribution < -0.4 is 22.1 Å². The Morgan fingerprint density at radius 2 is 1.63 bits per heavy atom. The fourth-order valence-corrected chi connectivity index (χ4v) is 2.46. The number of carboxylic acid groups (broad SMARTS) is 1. The molecule has 3 atom stereocenters. The van der Waals surface area contributed by atoms with E-state index >= 15 is 0 Å². The minimum absolute atomic E-state index is 0.206. The Morgan fingerprint density at radius 3 is 2.19 bits per heavy atom. The summed E-state index contributed by atoms with van der Waals surface area (Å²) in [5.74, 6) is -2.58. The van der Waals surface area contributed by atoms with E-state index in [4.69, 9.17) is 11.5 Å². The molecule has 0 aliphatic rings. The van der Waals surface area contributed by atoms with Crippen LogP contribution in [0.2, 0.25) is 0 Å². The summed E-state index contributed by atoms with van der Waals surface area (Å²) >= 11 is 0. The largest absolute Gasteiger partial charge is 0.480 e. The average Bonchev–Trinajstić information content (AvgIpc) is 2.65. The number of hydrogen-bond donors (Lipinski definition) is 6. The van der Waals surface area contributed by atoms with E-state index in [1.807, 2.05) is 30.3 Å². The first-order chi connectivity index (χ1) is 12.9. The van der Waals surface area contributed by atoms with Gasteiger partial charge in [-0.05, 0) is 37.8 Å².